The molecule has 1 aliphatic heterocycles. The summed E-state index contributed by atoms with van der Waals surface area (Å²) in [6.45, 7) is 0.724. The van der Waals surface area contributed by atoms with E-state index < -0.39 is 5.97 Å². The number of amides is 1. The Morgan fingerprint density at radius 2 is 2.53 bits per heavy atom. The van der Waals surface area contributed by atoms with Crippen LogP contribution >= 0.6 is 11.3 Å². The number of esters is 1. The van der Waals surface area contributed by atoms with Crippen LogP contribution in [0.5, 0.6) is 0 Å². The number of rotatable bonds is 3. The van der Waals surface area contributed by atoms with Crippen molar-refractivity contribution in [1.82, 2.24) is 10.3 Å². The minimum Gasteiger partial charge on any atom is -0.465 e. The van der Waals surface area contributed by atoms with E-state index >= 15 is 0 Å². The highest BCUT2D eigenvalue weighted by Gasteiger charge is 2.23. The van der Waals surface area contributed by atoms with Gasteiger partial charge >= 0.3 is 5.97 Å². The molecular formula is C10H13N3O3S. The van der Waals surface area contributed by atoms with Gasteiger partial charge in [0.1, 0.15) is 10.9 Å². The number of nitrogens with zero attached hydrogens (tertiary/aromatic N) is 1. The fourth-order valence-corrected chi connectivity index (χ4v) is 2.38. The van der Waals surface area contributed by atoms with Crippen molar-refractivity contribution < 1.29 is 14.3 Å². The molecule has 0 bridgehead atoms. The lowest BCUT2D eigenvalue weighted by molar-refractivity contribution is -0.123. The molecule has 2 heterocycles. The van der Waals surface area contributed by atoms with E-state index in [1.165, 1.54) is 24.6 Å². The Bertz CT molecular complexity index is 432. The molecule has 1 unspecified atom stereocenters. The van der Waals surface area contributed by atoms with E-state index in [0.717, 1.165) is 19.4 Å². The first-order valence-corrected chi connectivity index (χ1v) is 6.10. The van der Waals surface area contributed by atoms with Gasteiger partial charge in [0, 0.05) is 6.54 Å². The van der Waals surface area contributed by atoms with E-state index in [4.69, 9.17) is 0 Å². The summed E-state index contributed by atoms with van der Waals surface area (Å²) in [6, 6.07) is -0.264. The molecule has 17 heavy (non-hydrogen) atoms. The fourth-order valence-electron chi connectivity index (χ4n) is 1.59. The van der Waals surface area contributed by atoms with Crippen LogP contribution in [0.25, 0.3) is 0 Å². The first-order chi connectivity index (χ1) is 8.20. The Morgan fingerprint density at radius 3 is 3.24 bits per heavy atom. The number of aromatic nitrogens is 1. The molecule has 0 spiro atoms. The molecule has 1 aromatic heterocycles. The zero-order chi connectivity index (χ0) is 12.3. The second-order valence-corrected chi connectivity index (χ2v) is 4.68. The largest absolute Gasteiger partial charge is 0.465 e. The van der Waals surface area contributed by atoms with Crippen LogP contribution in [0.2, 0.25) is 0 Å². The lowest BCUT2D eigenvalue weighted by Crippen LogP contribution is -2.44. The van der Waals surface area contributed by atoms with Gasteiger partial charge in [-0.25, -0.2) is 9.78 Å². The van der Waals surface area contributed by atoms with Gasteiger partial charge in [0.05, 0.1) is 13.3 Å². The Morgan fingerprint density at radius 1 is 1.71 bits per heavy atom. The Labute approximate surface area is 102 Å². The third kappa shape index (κ3) is 2.73. The predicted octanol–water partition coefficient (Wildman–Crippen LogP) is 0.620. The second-order valence-electron chi connectivity index (χ2n) is 3.65. The summed E-state index contributed by atoms with van der Waals surface area (Å²) in [4.78, 5) is 27.2. The van der Waals surface area contributed by atoms with Crippen LogP contribution in [-0.2, 0) is 9.53 Å². The SMILES string of the molecule is COC(=O)c1cnc(NC2CCCNC2=O)s1. The number of anilines is 1. The molecule has 2 rings (SSSR count). The highest BCUT2D eigenvalue weighted by atomic mass is 32.1. The van der Waals surface area contributed by atoms with Gasteiger partial charge in [-0.1, -0.05) is 11.3 Å². The molecule has 6 nitrogen and oxygen atoms in total. The number of piperidine rings is 1. The van der Waals surface area contributed by atoms with Crippen molar-refractivity contribution in [3.8, 4) is 0 Å². The minimum atomic E-state index is -0.413. The summed E-state index contributed by atoms with van der Waals surface area (Å²) in [5, 5.41) is 6.36. The number of hydrogen-bond donors (Lipinski definition) is 2. The lowest BCUT2D eigenvalue weighted by Gasteiger charge is -2.22. The number of methoxy groups -OCH3 is 1. The van der Waals surface area contributed by atoms with Crippen LogP contribution in [0.4, 0.5) is 5.13 Å². The molecule has 2 N–H and O–H groups in total. The van der Waals surface area contributed by atoms with E-state index in [0.29, 0.717) is 10.0 Å². The summed E-state index contributed by atoms with van der Waals surface area (Å²) in [5.41, 5.74) is 0. The maximum Gasteiger partial charge on any atom is 0.349 e. The number of ether oxygens (including phenoxy) is 1. The number of carbonyl (C=O) groups excluding carboxylic acids is 2. The average Bonchev–Trinajstić information content (AvgIpc) is 2.80. The van der Waals surface area contributed by atoms with Crippen LogP contribution < -0.4 is 10.6 Å². The van der Waals surface area contributed by atoms with Crippen molar-refractivity contribution in [3.63, 3.8) is 0 Å². The molecule has 0 aliphatic carbocycles. The number of nitrogens with one attached hydrogen (secondary N) is 2. The molecule has 1 fully saturated rings. The summed E-state index contributed by atoms with van der Waals surface area (Å²) >= 11 is 1.18. The second kappa shape index (κ2) is 5.13. The monoisotopic (exact) mass is 255 g/mol. The Kier molecular flexibility index (Phi) is 3.58. The fraction of sp³-hybridized carbons (Fsp3) is 0.500. The molecule has 1 aromatic rings. The van der Waals surface area contributed by atoms with Crippen LogP contribution in [0.3, 0.4) is 0 Å². The van der Waals surface area contributed by atoms with Gasteiger partial charge in [-0.3, -0.25) is 4.79 Å². The van der Waals surface area contributed by atoms with Gasteiger partial charge in [-0.05, 0) is 12.8 Å². The zero-order valence-electron chi connectivity index (χ0n) is 9.36. The van der Waals surface area contributed by atoms with Crippen molar-refractivity contribution in [2.75, 3.05) is 19.0 Å². The van der Waals surface area contributed by atoms with Gasteiger partial charge in [0.2, 0.25) is 5.91 Å². The lowest BCUT2D eigenvalue weighted by atomic mass is 10.1. The Balaban J connectivity index is 2.01. The van der Waals surface area contributed by atoms with Crippen molar-refractivity contribution in [3.05, 3.63) is 11.1 Å². The molecule has 1 saturated heterocycles. The predicted molar refractivity (Wildman–Crippen MR) is 63.1 cm³/mol. The van der Waals surface area contributed by atoms with Crippen LogP contribution in [0.15, 0.2) is 6.20 Å². The number of hydrogen-bond acceptors (Lipinski definition) is 6. The van der Waals surface area contributed by atoms with Gasteiger partial charge in [0.15, 0.2) is 5.13 Å². The highest BCUT2D eigenvalue weighted by Crippen LogP contribution is 2.21. The minimum absolute atomic E-state index is 0.0222. The van der Waals surface area contributed by atoms with E-state index in [2.05, 4.69) is 20.4 Å². The van der Waals surface area contributed by atoms with Crippen molar-refractivity contribution in [2.45, 2.75) is 18.9 Å². The van der Waals surface area contributed by atoms with E-state index in [-0.39, 0.29) is 11.9 Å². The summed E-state index contributed by atoms with van der Waals surface area (Å²) < 4.78 is 4.59. The van der Waals surface area contributed by atoms with E-state index in [9.17, 15) is 9.59 Å². The molecule has 7 heteroatoms. The smallest absolute Gasteiger partial charge is 0.349 e. The van der Waals surface area contributed by atoms with Gasteiger partial charge in [-0.2, -0.15) is 0 Å². The maximum atomic E-state index is 11.5. The zero-order valence-corrected chi connectivity index (χ0v) is 10.2. The first-order valence-electron chi connectivity index (χ1n) is 5.29. The number of thiazole rings is 1. The summed E-state index contributed by atoms with van der Waals surface area (Å²) in [6.07, 6.45) is 3.16. The van der Waals surface area contributed by atoms with E-state index in [1.807, 2.05) is 0 Å². The molecular weight excluding hydrogens is 242 g/mol. The molecule has 0 aromatic carbocycles. The molecule has 1 amide bonds. The molecule has 1 aliphatic rings. The average molecular weight is 255 g/mol. The van der Waals surface area contributed by atoms with Crippen molar-refractivity contribution >= 4 is 28.3 Å². The third-order valence-electron chi connectivity index (χ3n) is 2.48. The molecule has 0 saturated carbocycles. The Hall–Kier alpha value is -1.63. The highest BCUT2D eigenvalue weighted by molar-refractivity contribution is 7.17. The summed E-state index contributed by atoms with van der Waals surface area (Å²) in [5.74, 6) is -0.435. The topological polar surface area (TPSA) is 80.3 Å². The maximum absolute atomic E-state index is 11.5. The standard InChI is InChI=1S/C10H13N3O3S/c1-16-9(15)7-5-12-10(17-7)13-6-3-2-4-11-8(6)14/h5-6H,2-4H2,1H3,(H,11,14)(H,12,13). The molecule has 1 atom stereocenters. The van der Waals surface area contributed by atoms with Gasteiger partial charge in [-0.15, -0.1) is 0 Å². The summed E-state index contributed by atoms with van der Waals surface area (Å²) in [7, 11) is 1.32. The van der Waals surface area contributed by atoms with Crippen molar-refractivity contribution in [2.24, 2.45) is 0 Å². The van der Waals surface area contributed by atoms with Crippen LogP contribution in [-0.4, -0.2) is 36.6 Å². The first kappa shape index (κ1) is 11.8. The normalized spacial score (nSPS) is 19.6. The quantitative estimate of drug-likeness (QED) is 0.774. The van der Waals surface area contributed by atoms with E-state index in [1.54, 1.807) is 0 Å². The van der Waals surface area contributed by atoms with Gasteiger partial charge < -0.3 is 15.4 Å². The van der Waals surface area contributed by atoms with Crippen molar-refractivity contribution in [1.29, 1.82) is 0 Å². The third-order valence-corrected chi connectivity index (χ3v) is 3.38. The van der Waals surface area contributed by atoms with Crippen LogP contribution in [0, 0.1) is 0 Å². The van der Waals surface area contributed by atoms with Crippen LogP contribution in [0.1, 0.15) is 22.5 Å². The molecule has 92 valence electrons. The molecule has 0 radical (unpaired) electrons. The van der Waals surface area contributed by atoms with Gasteiger partial charge in [0.25, 0.3) is 0 Å². The number of carbonyl (C=O) groups is 2.